The Hall–Kier alpha value is -0.0400. The maximum Gasteiger partial charge on any atom is 0.0811 e. The first-order valence-electron chi connectivity index (χ1n) is 7.64. The average Bonchev–Trinajstić information content (AvgIpc) is 2.13. The fraction of sp³-hybridized carbons (Fsp3) is 0.941. The minimum absolute atomic E-state index is 0. The Morgan fingerprint density at radius 2 is 1.72 bits per heavy atom. The topological polar surface area (TPSA) is 0 Å². The Kier molecular flexibility index (Phi) is 7.51. The quantitative estimate of drug-likeness (QED) is 0.496. The van der Waals surface area contributed by atoms with Gasteiger partial charge in [-0.1, -0.05) is 34.1 Å². The van der Waals surface area contributed by atoms with E-state index in [2.05, 4.69) is 41.8 Å². The van der Waals surface area contributed by atoms with Gasteiger partial charge in [-0.3, -0.25) is 0 Å². The Labute approximate surface area is 117 Å². The summed E-state index contributed by atoms with van der Waals surface area (Å²) in [5, 5.41) is 0. The summed E-state index contributed by atoms with van der Waals surface area (Å²) in [6, 6.07) is 0. The lowest BCUT2D eigenvalue weighted by atomic mass is 9.81. The molecule has 0 spiro atoms. The van der Waals surface area contributed by atoms with Gasteiger partial charge in [0, 0.05) is 11.8 Å². The number of quaternary nitrogens is 1. The van der Waals surface area contributed by atoms with Crippen LogP contribution in [0.1, 0.15) is 53.4 Å². The second-order valence-corrected chi connectivity index (χ2v) is 7.60. The molecule has 1 rings (SSSR count). The number of rotatable bonds is 5. The lowest BCUT2D eigenvalue weighted by Crippen LogP contribution is -2.50. The number of hydrogen-bond acceptors (Lipinski definition) is 0. The Morgan fingerprint density at radius 3 is 2.22 bits per heavy atom. The second-order valence-electron chi connectivity index (χ2n) is 7.60. The van der Waals surface area contributed by atoms with Crippen molar-refractivity contribution in [2.24, 2.45) is 23.7 Å². The Bertz CT molecular complexity index is 222. The van der Waals surface area contributed by atoms with Gasteiger partial charge in [0.05, 0.1) is 27.2 Å². The van der Waals surface area contributed by atoms with Crippen molar-refractivity contribution in [3.63, 3.8) is 0 Å². The van der Waals surface area contributed by atoms with Crippen molar-refractivity contribution in [2.45, 2.75) is 53.4 Å². The van der Waals surface area contributed by atoms with E-state index in [9.17, 15) is 0 Å². The van der Waals surface area contributed by atoms with Crippen LogP contribution in [0, 0.1) is 31.1 Å². The third kappa shape index (κ3) is 6.22. The number of likely N-dealkylation sites (tertiary alicyclic amines) is 1. The predicted octanol–water partition coefficient (Wildman–Crippen LogP) is 4.63. The summed E-state index contributed by atoms with van der Waals surface area (Å²) in [4.78, 5) is 0. The van der Waals surface area contributed by atoms with Crippen LogP contribution < -0.4 is 0 Å². The zero-order valence-electron chi connectivity index (χ0n) is 14.0. The predicted molar refractivity (Wildman–Crippen MR) is 83.4 cm³/mol. The average molecular weight is 255 g/mol. The molecule has 0 aromatic carbocycles. The van der Waals surface area contributed by atoms with Crippen LogP contribution in [-0.2, 0) is 0 Å². The number of nitrogens with zero attached hydrogens (tertiary/aromatic N) is 1. The van der Waals surface area contributed by atoms with Crippen LogP contribution >= 0.6 is 0 Å². The van der Waals surface area contributed by atoms with Gasteiger partial charge in [-0.2, -0.15) is 0 Å². The van der Waals surface area contributed by atoms with Crippen molar-refractivity contribution >= 4 is 0 Å². The molecular weight excluding hydrogens is 218 g/mol. The highest BCUT2D eigenvalue weighted by atomic mass is 15.3. The molecule has 0 N–H and O–H groups in total. The van der Waals surface area contributed by atoms with E-state index in [-0.39, 0.29) is 7.43 Å². The molecule has 1 aliphatic heterocycles. The summed E-state index contributed by atoms with van der Waals surface area (Å²) in [6.07, 6.45) is 5.69. The van der Waals surface area contributed by atoms with Gasteiger partial charge in [-0.25, -0.2) is 0 Å². The minimum atomic E-state index is 0. The van der Waals surface area contributed by atoms with Gasteiger partial charge in [0.15, 0.2) is 0 Å². The summed E-state index contributed by atoms with van der Waals surface area (Å²) in [7, 11) is 4.81. The summed E-state index contributed by atoms with van der Waals surface area (Å²) < 4.78 is 1.24. The van der Waals surface area contributed by atoms with E-state index in [1.165, 1.54) is 43.3 Å². The Morgan fingerprint density at radius 1 is 1.11 bits per heavy atom. The number of hydrogen-bond donors (Lipinski definition) is 0. The fourth-order valence-corrected chi connectivity index (χ4v) is 4.02. The highest BCUT2D eigenvalue weighted by Gasteiger charge is 2.32. The minimum Gasteiger partial charge on any atom is -0.358 e. The molecule has 1 saturated heterocycles. The third-order valence-corrected chi connectivity index (χ3v) is 4.53. The van der Waals surface area contributed by atoms with E-state index in [1.54, 1.807) is 0 Å². The molecule has 1 fully saturated rings. The van der Waals surface area contributed by atoms with E-state index < -0.39 is 0 Å². The van der Waals surface area contributed by atoms with Gasteiger partial charge in [0.2, 0.25) is 0 Å². The third-order valence-electron chi connectivity index (χ3n) is 4.53. The molecule has 1 heterocycles. The first-order chi connectivity index (χ1) is 7.82. The summed E-state index contributed by atoms with van der Waals surface area (Å²) >= 11 is 0. The maximum atomic E-state index is 2.46. The zero-order chi connectivity index (χ0) is 13.1. The standard InChI is InChI=1S/C16H34N.CH3/c1-7-13(2)8-14(3)9-16-10-15(4)11-17(5,6)12-16;/h13-16H,7-12H2,1-6H3;1H3/q+1;-1. The molecule has 0 aromatic heterocycles. The van der Waals surface area contributed by atoms with Crippen molar-refractivity contribution in [1.29, 1.82) is 0 Å². The molecule has 110 valence electrons. The summed E-state index contributed by atoms with van der Waals surface area (Å²) in [5.74, 6) is 3.71. The van der Waals surface area contributed by atoms with Crippen LogP contribution in [0.15, 0.2) is 0 Å². The van der Waals surface area contributed by atoms with Gasteiger partial charge in [-0.05, 0) is 31.1 Å². The highest BCUT2D eigenvalue weighted by molar-refractivity contribution is 4.72. The van der Waals surface area contributed by atoms with E-state index in [4.69, 9.17) is 0 Å². The molecular formula is C17H37N. The normalized spacial score (nSPS) is 30.3. The molecule has 0 bridgehead atoms. The van der Waals surface area contributed by atoms with Crippen molar-refractivity contribution in [2.75, 3.05) is 27.2 Å². The molecule has 18 heavy (non-hydrogen) atoms. The van der Waals surface area contributed by atoms with Crippen LogP contribution in [0.25, 0.3) is 0 Å². The molecule has 0 radical (unpaired) electrons. The van der Waals surface area contributed by atoms with Gasteiger partial charge >= 0.3 is 0 Å². The molecule has 0 amide bonds. The van der Waals surface area contributed by atoms with Crippen LogP contribution in [-0.4, -0.2) is 31.7 Å². The maximum absolute atomic E-state index is 2.46. The van der Waals surface area contributed by atoms with Gasteiger partial charge in [0.25, 0.3) is 0 Å². The largest absolute Gasteiger partial charge is 0.358 e. The lowest BCUT2D eigenvalue weighted by molar-refractivity contribution is -0.902. The van der Waals surface area contributed by atoms with Crippen molar-refractivity contribution in [3.8, 4) is 0 Å². The lowest BCUT2D eigenvalue weighted by Gasteiger charge is -2.42. The smallest absolute Gasteiger partial charge is 0.0811 e. The molecule has 4 unspecified atom stereocenters. The molecule has 0 aromatic rings. The van der Waals surface area contributed by atoms with Crippen LogP contribution in [0.5, 0.6) is 0 Å². The van der Waals surface area contributed by atoms with E-state index in [1.807, 2.05) is 0 Å². The molecule has 0 saturated carbocycles. The first-order valence-corrected chi connectivity index (χ1v) is 7.64. The molecule has 0 aliphatic carbocycles. The van der Waals surface area contributed by atoms with Crippen molar-refractivity contribution in [3.05, 3.63) is 7.43 Å². The van der Waals surface area contributed by atoms with Crippen molar-refractivity contribution < 1.29 is 4.48 Å². The monoisotopic (exact) mass is 255 g/mol. The highest BCUT2D eigenvalue weighted by Crippen LogP contribution is 2.31. The molecule has 4 atom stereocenters. The second kappa shape index (κ2) is 7.53. The number of piperidine rings is 1. The zero-order valence-corrected chi connectivity index (χ0v) is 14.0. The van der Waals surface area contributed by atoms with E-state index in [0.29, 0.717) is 0 Å². The molecule has 1 heteroatoms. The van der Waals surface area contributed by atoms with E-state index in [0.717, 1.165) is 23.7 Å². The van der Waals surface area contributed by atoms with Gasteiger partial charge in [0.1, 0.15) is 0 Å². The van der Waals surface area contributed by atoms with Gasteiger partial charge in [-0.15, -0.1) is 0 Å². The van der Waals surface area contributed by atoms with Gasteiger partial charge < -0.3 is 11.9 Å². The summed E-state index contributed by atoms with van der Waals surface area (Å²) in [6.45, 7) is 12.4. The fourth-order valence-electron chi connectivity index (χ4n) is 4.02. The summed E-state index contributed by atoms with van der Waals surface area (Å²) in [5.41, 5.74) is 0. The molecule has 1 aliphatic rings. The van der Waals surface area contributed by atoms with Crippen LogP contribution in [0.3, 0.4) is 0 Å². The first kappa shape index (κ1) is 18.0. The Balaban J connectivity index is 0.00000289. The molecule has 1 nitrogen and oxygen atoms in total. The van der Waals surface area contributed by atoms with Crippen LogP contribution in [0.2, 0.25) is 0 Å². The van der Waals surface area contributed by atoms with E-state index >= 15 is 0 Å². The van der Waals surface area contributed by atoms with Crippen LogP contribution in [0.4, 0.5) is 0 Å². The SMILES string of the molecule is CCC(C)CC(C)CC1CC(C)C[N+](C)(C)C1.[CH3-]. The van der Waals surface area contributed by atoms with Crippen molar-refractivity contribution in [1.82, 2.24) is 0 Å².